The summed E-state index contributed by atoms with van der Waals surface area (Å²) in [7, 11) is 0. The van der Waals surface area contributed by atoms with E-state index in [0.29, 0.717) is 0 Å². The minimum Gasteiger partial charge on any atom is -0.387 e. The third-order valence-corrected chi connectivity index (χ3v) is 2.98. The third kappa shape index (κ3) is 2.15. The summed E-state index contributed by atoms with van der Waals surface area (Å²) in [6, 6.07) is 0. The molecule has 0 saturated carbocycles. The fourth-order valence-corrected chi connectivity index (χ4v) is 1.99. The molecule has 0 aromatic carbocycles. The number of aromatic nitrogens is 2. The van der Waals surface area contributed by atoms with Crippen molar-refractivity contribution < 1.29 is 5.11 Å². The Morgan fingerprint density at radius 2 is 2.19 bits per heavy atom. The number of nitrogens with two attached hydrogens (primary N) is 1. The quantitative estimate of drug-likeness (QED) is 0.773. The van der Waals surface area contributed by atoms with Gasteiger partial charge in [-0.25, -0.2) is 9.97 Å². The predicted octanol–water partition coefficient (Wildman–Crippen LogP) is 0.377. The smallest absolute Gasteiger partial charge is 0.225 e. The number of aryl methyl sites for hydroxylation is 1. The standard InChI is InChI=1S/C11H18N4O/c1-8-9(10(16)6-12)7-13-11(14-8)15-4-2-3-5-15/h7,10,16H,2-6,12H2,1H3. The van der Waals surface area contributed by atoms with Crippen molar-refractivity contribution in [2.24, 2.45) is 5.73 Å². The van der Waals surface area contributed by atoms with E-state index in [1.54, 1.807) is 6.20 Å². The fraction of sp³-hybridized carbons (Fsp3) is 0.636. The first-order chi connectivity index (χ1) is 7.72. The molecule has 1 aromatic rings. The van der Waals surface area contributed by atoms with Gasteiger partial charge in [-0.3, -0.25) is 0 Å². The minimum absolute atomic E-state index is 0.202. The minimum atomic E-state index is -0.660. The topological polar surface area (TPSA) is 75.3 Å². The zero-order valence-corrected chi connectivity index (χ0v) is 9.56. The van der Waals surface area contributed by atoms with Crippen LogP contribution in [0.3, 0.4) is 0 Å². The van der Waals surface area contributed by atoms with E-state index >= 15 is 0 Å². The Bertz CT molecular complexity index is 363. The Morgan fingerprint density at radius 3 is 2.75 bits per heavy atom. The van der Waals surface area contributed by atoms with E-state index < -0.39 is 6.10 Å². The molecule has 0 amide bonds. The number of anilines is 1. The summed E-state index contributed by atoms with van der Waals surface area (Å²) in [5, 5.41) is 9.65. The number of aliphatic hydroxyl groups is 1. The highest BCUT2D eigenvalue weighted by atomic mass is 16.3. The van der Waals surface area contributed by atoms with Crippen LogP contribution in [0, 0.1) is 6.92 Å². The maximum absolute atomic E-state index is 9.65. The Kier molecular flexibility index (Phi) is 3.36. The third-order valence-electron chi connectivity index (χ3n) is 2.98. The van der Waals surface area contributed by atoms with Gasteiger partial charge in [-0.05, 0) is 19.8 Å². The summed E-state index contributed by atoms with van der Waals surface area (Å²) in [5.41, 5.74) is 6.96. The van der Waals surface area contributed by atoms with Crippen LogP contribution in [0.2, 0.25) is 0 Å². The Labute approximate surface area is 95.3 Å². The van der Waals surface area contributed by atoms with E-state index in [9.17, 15) is 5.11 Å². The van der Waals surface area contributed by atoms with Gasteiger partial charge in [0.2, 0.25) is 5.95 Å². The van der Waals surface area contributed by atoms with Gasteiger partial charge >= 0.3 is 0 Å². The predicted molar refractivity (Wildman–Crippen MR) is 62.2 cm³/mol. The molecule has 0 radical (unpaired) electrons. The number of hydrogen-bond acceptors (Lipinski definition) is 5. The van der Waals surface area contributed by atoms with E-state index in [1.807, 2.05) is 6.92 Å². The second kappa shape index (κ2) is 4.76. The second-order valence-corrected chi connectivity index (χ2v) is 4.16. The summed E-state index contributed by atoms with van der Waals surface area (Å²) < 4.78 is 0. The highest BCUT2D eigenvalue weighted by Gasteiger charge is 2.17. The largest absolute Gasteiger partial charge is 0.387 e. The highest BCUT2D eigenvalue weighted by molar-refractivity contribution is 5.34. The van der Waals surface area contributed by atoms with Gasteiger partial charge in [-0.15, -0.1) is 0 Å². The zero-order chi connectivity index (χ0) is 11.5. The van der Waals surface area contributed by atoms with Gasteiger partial charge < -0.3 is 15.7 Å². The van der Waals surface area contributed by atoms with Crippen molar-refractivity contribution in [1.29, 1.82) is 0 Å². The molecule has 1 atom stereocenters. The van der Waals surface area contributed by atoms with E-state index in [4.69, 9.17) is 5.73 Å². The lowest BCUT2D eigenvalue weighted by atomic mass is 10.1. The summed E-state index contributed by atoms with van der Waals surface area (Å²) in [4.78, 5) is 10.9. The van der Waals surface area contributed by atoms with Gasteiger partial charge in [0.15, 0.2) is 0 Å². The molecule has 16 heavy (non-hydrogen) atoms. The average Bonchev–Trinajstić information content (AvgIpc) is 2.81. The van der Waals surface area contributed by atoms with Crippen LogP contribution in [0.4, 0.5) is 5.95 Å². The van der Waals surface area contributed by atoms with Crippen LogP contribution in [0.15, 0.2) is 6.20 Å². The lowest BCUT2D eigenvalue weighted by Crippen LogP contribution is -2.22. The van der Waals surface area contributed by atoms with Crippen LogP contribution in [0.25, 0.3) is 0 Å². The number of hydrogen-bond donors (Lipinski definition) is 2. The SMILES string of the molecule is Cc1nc(N2CCCC2)ncc1C(O)CN. The zero-order valence-electron chi connectivity index (χ0n) is 9.56. The normalized spacial score (nSPS) is 17.8. The first kappa shape index (κ1) is 11.3. The molecule has 0 aliphatic carbocycles. The molecule has 0 spiro atoms. The molecule has 3 N–H and O–H groups in total. The van der Waals surface area contributed by atoms with Gasteiger partial charge in [-0.2, -0.15) is 0 Å². The molecule has 2 rings (SSSR count). The lowest BCUT2D eigenvalue weighted by molar-refractivity contribution is 0.185. The first-order valence-corrected chi connectivity index (χ1v) is 5.69. The van der Waals surface area contributed by atoms with Crippen molar-refractivity contribution in [3.63, 3.8) is 0 Å². The highest BCUT2D eigenvalue weighted by Crippen LogP contribution is 2.19. The molecule has 1 fully saturated rings. The van der Waals surface area contributed by atoms with E-state index in [0.717, 1.165) is 30.3 Å². The molecule has 1 aromatic heterocycles. The van der Waals surface area contributed by atoms with Crippen LogP contribution in [-0.4, -0.2) is 34.7 Å². The Balaban J connectivity index is 2.21. The Hall–Kier alpha value is -1.20. The molecule has 1 saturated heterocycles. The van der Waals surface area contributed by atoms with Crippen molar-refractivity contribution in [2.45, 2.75) is 25.9 Å². The monoisotopic (exact) mass is 222 g/mol. The van der Waals surface area contributed by atoms with Gasteiger partial charge in [0, 0.05) is 37.1 Å². The van der Waals surface area contributed by atoms with Crippen molar-refractivity contribution in [3.8, 4) is 0 Å². The summed E-state index contributed by atoms with van der Waals surface area (Å²) in [6.45, 7) is 4.14. The number of nitrogens with zero attached hydrogens (tertiary/aromatic N) is 3. The molecular weight excluding hydrogens is 204 g/mol. The molecule has 5 nitrogen and oxygen atoms in total. The maximum Gasteiger partial charge on any atom is 0.225 e. The van der Waals surface area contributed by atoms with E-state index in [-0.39, 0.29) is 6.54 Å². The average molecular weight is 222 g/mol. The van der Waals surface area contributed by atoms with Gasteiger partial charge in [0.05, 0.1) is 6.10 Å². The molecular formula is C11H18N4O. The summed E-state index contributed by atoms with van der Waals surface area (Å²) in [5.74, 6) is 0.767. The van der Waals surface area contributed by atoms with E-state index in [1.165, 1.54) is 12.8 Å². The number of aliphatic hydroxyl groups excluding tert-OH is 1. The van der Waals surface area contributed by atoms with Crippen molar-refractivity contribution >= 4 is 5.95 Å². The Morgan fingerprint density at radius 1 is 1.50 bits per heavy atom. The van der Waals surface area contributed by atoms with Gasteiger partial charge in [0.25, 0.3) is 0 Å². The first-order valence-electron chi connectivity index (χ1n) is 5.69. The molecule has 1 aliphatic rings. The fourth-order valence-electron chi connectivity index (χ4n) is 1.99. The lowest BCUT2D eigenvalue weighted by Gasteiger charge is -2.17. The summed E-state index contributed by atoms with van der Waals surface area (Å²) >= 11 is 0. The van der Waals surface area contributed by atoms with Crippen molar-refractivity contribution in [2.75, 3.05) is 24.5 Å². The van der Waals surface area contributed by atoms with Crippen molar-refractivity contribution in [1.82, 2.24) is 9.97 Å². The van der Waals surface area contributed by atoms with Gasteiger partial charge in [0.1, 0.15) is 0 Å². The maximum atomic E-state index is 9.65. The van der Waals surface area contributed by atoms with Crippen LogP contribution in [0.1, 0.15) is 30.2 Å². The summed E-state index contributed by atoms with van der Waals surface area (Å²) in [6.07, 6.45) is 3.44. The van der Waals surface area contributed by atoms with Crippen LogP contribution in [0.5, 0.6) is 0 Å². The van der Waals surface area contributed by atoms with Crippen LogP contribution in [-0.2, 0) is 0 Å². The molecule has 1 unspecified atom stereocenters. The van der Waals surface area contributed by atoms with Crippen molar-refractivity contribution in [3.05, 3.63) is 17.5 Å². The number of rotatable bonds is 3. The molecule has 1 aliphatic heterocycles. The van der Waals surface area contributed by atoms with Gasteiger partial charge in [-0.1, -0.05) is 0 Å². The molecule has 2 heterocycles. The second-order valence-electron chi connectivity index (χ2n) is 4.16. The van der Waals surface area contributed by atoms with Crippen LogP contribution >= 0.6 is 0 Å². The van der Waals surface area contributed by atoms with Crippen LogP contribution < -0.4 is 10.6 Å². The van der Waals surface area contributed by atoms with E-state index in [2.05, 4.69) is 14.9 Å². The molecule has 5 heteroatoms. The molecule has 88 valence electrons. The molecule has 0 bridgehead atoms.